The number of nitrogen functional groups attached to an aromatic ring is 1. The van der Waals surface area contributed by atoms with Crippen molar-refractivity contribution in [3.63, 3.8) is 0 Å². The summed E-state index contributed by atoms with van der Waals surface area (Å²) in [6.45, 7) is 3.97. The maximum Gasteiger partial charge on any atom is 0.156 e. The lowest BCUT2D eigenvalue weighted by Gasteiger charge is -2.08. The van der Waals surface area contributed by atoms with Crippen LogP contribution in [0.3, 0.4) is 0 Å². The second-order valence-electron chi connectivity index (χ2n) is 3.52. The number of rotatable bonds is 2. The van der Waals surface area contributed by atoms with Gasteiger partial charge < -0.3 is 5.73 Å². The van der Waals surface area contributed by atoms with Crippen molar-refractivity contribution >= 4 is 21.6 Å². The molecule has 0 amide bonds. The number of anilines is 1. The Bertz CT molecular complexity index is 520. The summed E-state index contributed by atoms with van der Waals surface area (Å²) in [5, 5.41) is 11.6. The molecule has 2 rings (SSSR count). The monoisotopic (exact) mass is 281 g/mol. The van der Waals surface area contributed by atoms with Crippen molar-refractivity contribution in [1.82, 2.24) is 20.2 Å². The molecular formula is C10H12BrN5. The molecular weight excluding hydrogens is 270 g/mol. The second kappa shape index (κ2) is 4.21. The number of aryl methyl sites for hydroxylation is 2. The predicted molar refractivity (Wildman–Crippen MR) is 65.4 cm³/mol. The fraction of sp³-hybridized carbons (Fsp3) is 0.300. The lowest BCUT2D eigenvalue weighted by atomic mass is 10.2. The van der Waals surface area contributed by atoms with Gasteiger partial charge in [-0.25, -0.2) is 0 Å². The summed E-state index contributed by atoms with van der Waals surface area (Å²) in [5.74, 6) is 0.809. The van der Waals surface area contributed by atoms with Gasteiger partial charge >= 0.3 is 0 Å². The van der Waals surface area contributed by atoms with Crippen LogP contribution in [0.1, 0.15) is 18.3 Å². The minimum absolute atomic E-state index is 0.732. The first-order valence-electron chi connectivity index (χ1n) is 4.96. The summed E-state index contributed by atoms with van der Waals surface area (Å²) in [6.07, 6.45) is 0.771. The third-order valence-corrected chi connectivity index (χ3v) is 3.05. The molecule has 0 saturated heterocycles. The van der Waals surface area contributed by atoms with Gasteiger partial charge in [0.1, 0.15) is 0 Å². The standard InChI is InChI=1S/C10H12BrN5/c1-3-10-13-14-15-16(10)9-5-8(12)6(2)4-7(9)11/h4-5H,3,12H2,1-2H3. The van der Waals surface area contributed by atoms with E-state index in [1.165, 1.54) is 0 Å². The van der Waals surface area contributed by atoms with E-state index in [4.69, 9.17) is 5.73 Å². The van der Waals surface area contributed by atoms with E-state index in [2.05, 4.69) is 31.5 Å². The Morgan fingerprint density at radius 1 is 1.44 bits per heavy atom. The quantitative estimate of drug-likeness (QED) is 0.854. The number of halogens is 1. The highest BCUT2D eigenvalue weighted by atomic mass is 79.9. The molecule has 0 aliphatic rings. The fourth-order valence-corrected chi connectivity index (χ4v) is 2.08. The lowest BCUT2D eigenvalue weighted by Crippen LogP contribution is -2.04. The van der Waals surface area contributed by atoms with Gasteiger partial charge in [-0.15, -0.1) is 5.10 Å². The molecule has 0 bridgehead atoms. The Kier molecular flexibility index (Phi) is 2.91. The van der Waals surface area contributed by atoms with Crippen LogP contribution in [-0.2, 0) is 6.42 Å². The lowest BCUT2D eigenvalue weighted by molar-refractivity contribution is 0.764. The van der Waals surface area contributed by atoms with Gasteiger partial charge in [0.25, 0.3) is 0 Å². The molecule has 1 heterocycles. The van der Waals surface area contributed by atoms with Crippen molar-refractivity contribution in [3.8, 4) is 5.69 Å². The summed E-state index contributed by atoms with van der Waals surface area (Å²) in [4.78, 5) is 0. The van der Waals surface area contributed by atoms with E-state index in [1.54, 1.807) is 4.68 Å². The zero-order valence-electron chi connectivity index (χ0n) is 9.11. The van der Waals surface area contributed by atoms with Crippen molar-refractivity contribution in [1.29, 1.82) is 0 Å². The minimum Gasteiger partial charge on any atom is -0.398 e. The van der Waals surface area contributed by atoms with E-state index in [-0.39, 0.29) is 0 Å². The molecule has 0 spiro atoms. The zero-order valence-corrected chi connectivity index (χ0v) is 10.7. The highest BCUT2D eigenvalue weighted by Gasteiger charge is 2.11. The smallest absolute Gasteiger partial charge is 0.156 e. The largest absolute Gasteiger partial charge is 0.398 e. The highest BCUT2D eigenvalue weighted by molar-refractivity contribution is 9.10. The van der Waals surface area contributed by atoms with Gasteiger partial charge in [-0.2, -0.15) is 4.68 Å². The van der Waals surface area contributed by atoms with E-state index >= 15 is 0 Å². The van der Waals surface area contributed by atoms with E-state index in [9.17, 15) is 0 Å². The summed E-state index contributed by atoms with van der Waals surface area (Å²) in [6, 6.07) is 3.83. The van der Waals surface area contributed by atoms with Crippen LogP contribution in [0.2, 0.25) is 0 Å². The Labute approximate surface area is 102 Å². The number of hydrogen-bond acceptors (Lipinski definition) is 4. The van der Waals surface area contributed by atoms with Crippen molar-refractivity contribution in [2.75, 3.05) is 5.73 Å². The predicted octanol–water partition coefficient (Wildman–Crippen LogP) is 1.88. The van der Waals surface area contributed by atoms with Gasteiger partial charge in [0.15, 0.2) is 5.82 Å². The summed E-state index contributed by atoms with van der Waals surface area (Å²) in [7, 11) is 0. The molecule has 0 unspecified atom stereocenters. The van der Waals surface area contributed by atoms with Crippen LogP contribution >= 0.6 is 15.9 Å². The maximum absolute atomic E-state index is 5.88. The number of aromatic nitrogens is 4. The molecule has 0 radical (unpaired) electrons. The van der Waals surface area contributed by atoms with E-state index in [0.717, 1.165) is 33.7 Å². The molecule has 6 heteroatoms. The third-order valence-electron chi connectivity index (χ3n) is 2.41. The van der Waals surface area contributed by atoms with Crippen molar-refractivity contribution in [3.05, 3.63) is 28.0 Å². The first kappa shape index (κ1) is 11.1. The number of nitrogens with two attached hydrogens (primary N) is 1. The molecule has 1 aromatic heterocycles. The van der Waals surface area contributed by atoms with Crippen LogP contribution < -0.4 is 5.73 Å². The van der Waals surface area contributed by atoms with Gasteiger partial charge in [-0.05, 0) is 51.0 Å². The number of nitrogens with zero attached hydrogens (tertiary/aromatic N) is 4. The molecule has 2 aromatic rings. The first-order valence-corrected chi connectivity index (χ1v) is 5.76. The SMILES string of the molecule is CCc1nnnn1-c1cc(N)c(C)cc1Br. The van der Waals surface area contributed by atoms with Crippen LogP contribution in [0.15, 0.2) is 16.6 Å². The van der Waals surface area contributed by atoms with Gasteiger partial charge in [0, 0.05) is 16.6 Å². The second-order valence-corrected chi connectivity index (χ2v) is 4.38. The zero-order chi connectivity index (χ0) is 11.7. The Morgan fingerprint density at radius 3 is 2.88 bits per heavy atom. The summed E-state index contributed by atoms with van der Waals surface area (Å²) < 4.78 is 2.63. The van der Waals surface area contributed by atoms with E-state index in [1.807, 2.05) is 26.0 Å². The molecule has 0 aliphatic carbocycles. The van der Waals surface area contributed by atoms with Crippen LogP contribution in [0.25, 0.3) is 5.69 Å². The number of tetrazole rings is 1. The van der Waals surface area contributed by atoms with Crippen LogP contribution in [0, 0.1) is 6.92 Å². The Morgan fingerprint density at radius 2 is 2.19 bits per heavy atom. The molecule has 0 saturated carbocycles. The van der Waals surface area contributed by atoms with E-state index < -0.39 is 0 Å². The van der Waals surface area contributed by atoms with Crippen LogP contribution in [0.5, 0.6) is 0 Å². The normalized spacial score (nSPS) is 10.7. The van der Waals surface area contributed by atoms with Crippen molar-refractivity contribution < 1.29 is 0 Å². The molecule has 84 valence electrons. The van der Waals surface area contributed by atoms with Gasteiger partial charge in [0.05, 0.1) is 5.69 Å². The van der Waals surface area contributed by atoms with Crippen LogP contribution in [0.4, 0.5) is 5.69 Å². The highest BCUT2D eigenvalue weighted by Crippen LogP contribution is 2.26. The average molecular weight is 282 g/mol. The molecule has 0 aliphatic heterocycles. The Balaban J connectivity index is 2.60. The fourth-order valence-electron chi connectivity index (χ4n) is 1.45. The van der Waals surface area contributed by atoms with E-state index in [0.29, 0.717) is 0 Å². The van der Waals surface area contributed by atoms with Gasteiger partial charge in [-0.3, -0.25) is 0 Å². The Hall–Kier alpha value is -1.43. The van der Waals surface area contributed by atoms with Crippen LogP contribution in [-0.4, -0.2) is 20.2 Å². The van der Waals surface area contributed by atoms with Crippen molar-refractivity contribution in [2.45, 2.75) is 20.3 Å². The molecule has 0 atom stereocenters. The third kappa shape index (κ3) is 1.80. The van der Waals surface area contributed by atoms with Gasteiger partial charge in [-0.1, -0.05) is 6.92 Å². The van der Waals surface area contributed by atoms with Crippen molar-refractivity contribution in [2.24, 2.45) is 0 Å². The summed E-state index contributed by atoms with van der Waals surface area (Å²) >= 11 is 3.49. The molecule has 2 N–H and O–H groups in total. The molecule has 5 nitrogen and oxygen atoms in total. The average Bonchev–Trinajstić information content (AvgIpc) is 2.71. The maximum atomic E-state index is 5.88. The topological polar surface area (TPSA) is 69.6 Å². The minimum atomic E-state index is 0.732. The number of hydrogen-bond donors (Lipinski definition) is 1. The summed E-state index contributed by atoms with van der Waals surface area (Å²) in [5.41, 5.74) is 8.51. The molecule has 0 fully saturated rings. The number of benzene rings is 1. The first-order chi connectivity index (χ1) is 7.63. The molecule has 16 heavy (non-hydrogen) atoms. The van der Waals surface area contributed by atoms with Gasteiger partial charge in [0.2, 0.25) is 0 Å². The molecule has 1 aromatic carbocycles.